The molecule has 0 radical (unpaired) electrons. The molecule has 0 spiro atoms. The first-order valence-corrected chi connectivity index (χ1v) is 7.89. The maximum atomic E-state index is 13.4. The van der Waals surface area contributed by atoms with Gasteiger partial charge in [-0.15, -0.1) is 0 Å². The average molecular weight is 360 g/mol. The predicted octanol–water partition coefficient (Wildman–Crippen LogP) is 2.17. The molecular formula is C12H11BrFN3O2S. The minimum atomic E-state index is -3.78. The molecule has 20 heavy (non-hydrogen) atoms. The number of hydrogen-bond donors (Lipinski definition) is 1. The molecule has 1 aromatic heterocycles. The molecule has 0 aliphatic rings. The summed E-state index contributed by atoms with van der Waals surface area (Å²) in [5, 5.41) is 0. The zero-order valence-electron chi connectivity index (χ0n) is 10.5. The number of aromatic nitrogens is 2. The minimum Gasteiger partial charge on any atom is -0.242 e. The number of nitrogens with one attached hydrogen (secondary N) is 1. The molecule has 0 aliphatic carbocycles. The molecule has 2 rings (SSSR count). The zero-order chi connectivity index (χ0) is 14.8. The van der Waals surface area contributed by atoms with Gasteiger partial charge >= 0.3 is 0 Å². The second-order valence-corrected chi connectivity index (χ2v) is 6.62. The molecular weight excluding hydrogens is 349 g/mol. The molecule has 1 aromatic carbocycles. The van der Waals surface area contributed by atoms with E-state index in [0.717, 1.165) is 6.07 Å². The van der Waals surface area contributed by atoms with Crippen molar-refractivity contribution >= 4 is 26.0 Å². The van der Waals surface area contributed by atoms with Crippen LogP contribution in [0.3, 0.4) is 0 Å². The van der Waals surface area contributed by atoms with Gasteiger partial charge in [-0.2, -0.15) is 0 Å². The summed E-state index contributed by atoms with van der Waals surface area (Å²) in [6.45, 7) is 1.73. The second-order valence-electron chi connectivity index (χ2n) is 4.00. The molecule has 0 amide bonds. The number of nitrogens with zero attached hydrogens (tertiary/aromatic N) is 2. The fourth-order valence-corrected chi connectivity index (χ4v) is 2.76. The van der Waals surface area contributed by atoms with Gasteiger partial charge in [-0.05, 0) is 47.1 Å². The molecule has 1 heterocycles. The number of sulfonamides is 1. The minimum absolute atomic E-state index is 0.0172. The van der Waals surface area contributed by atoms with Crippen molar-refractivity contribution in [2.45, 2.75) is 18.4 Å². The van der Waals surface area contributed by atoms with E-state index in [4.69, 9.17) is 0 Å². The topological polar surface area (TPSA) is 72.0 Å². The van der Waals surface area contributed by atoms with Crippen LogP contribution in [0.2, 0.25) is 0 Å². The number of halogens is 2. The van der Waals surface area contributed by atoms with Crippen molar-refractivity contribution in [2.24, 2.45) is 0 Å². The molecule has 1 N–H and O–H groups in total. The second kappa shape index (κ2) is 5.94. The van der Waals surface area contributed by atoms with E-state index in [1.165, 1.54) is 12.1 Å². The van der Waals surface area contributed by atoms with E-state index < -0.39 is 15.8 Å². The number of rotatable bonds is 4. The third-order valence-electron chi connectivity index (χ3n) is 2.48. The van der Waals surface area contributed by atoms with E-state index in [-0.39, 0.29) is 15.9 Å². The van der Waals surface area contributed by atoms with Crippen LogP contribution in [-0.4, -0.2) is 18.4 Å². The molecule has 0 aliphatic heterocycles. The van der Waals surface area contributed by atoms with Crippen molar-refractivity contribution in [2.75, 3.05) is 0 Å². The van der Waals surface area contributed by atoms with Gasteiger partial charge in [-0.3, -0.25) is 0 Å². The standard InChI is InChI=1S/C12H11BrFN3O2S/c1-8-15-5-4-9(17-8)7-16-20(18,19)10-2-3-11(13)12(14)6-10/h2-6,16H,7H2,1H3. The van der Waals surface area contributed by atoms with E-state index in [2.05, 4.69) is 30.6 Å². The molecule has 0 unspecified atom stereocenters. The van der Waals surface area contributed by atoms with Crippen molar-refractivity contribution in [3.05, 3.63) is 52.3 Å². The third kappa shape index (κ3) is 3.59. The van der Waals surface area contributed by atoms with Crippen LogP contribution in [0, 0.1) is 12.7 Å². The monoisotopic (exact) mass is 359 g/mol. The van der Waals surface area contributed by atoms with E-state index >= 15 is 0 Å². The predicted molar refractivity (Wildman–Crippen MR) is 74.9 cm³/mol. The quantitative estimate of drug-likeness (QED) is 0.907. The van der Waals surface area contributed by atoms with Gasteiger partial charge in [-0.25, -0.2) is 27.5 Å². The summed E-state index contributed by atoms with van der Waals surface area (Å²) in [6, 6.07) is 5.23. The lowest BCUT2D eigenvalue weighted by molar-refractivity contribution is 0.575. The molecule has 0 saturated carbocycles. The molecule has 0 bridgehead atoms. The van der Waals surface area contributed by atoms with Gasteiger partial charge < -0.3 is 0 Å². The van der Waals surface area contributed by atoms with Gasteiger partial charge in [0.25, 0.3) is 0 Å². The van der Waals surface area contributed by atoms with Crippen LogP contribution in [0.1, 0.15) is 11.5 Å². The van der Waals surface area contributed by atoms with Crippen LogP contribution in [0.5, 0.6) is 0 Å². The van der Waals surface area contributed by atoms with Crippen molar-refractivity contribution in [3.63, 3.8) is 0 Å². The zero-order valence-corrected chi connectivity index (χ0v) is 12.9. The Morgan fingerprint density at radius 1 is 1.35 bits per heavy atom. The first kappa shape index (κ1) is 15.0. The van der Waals surface area contributed by atoms with E-state index in [1.54, 1.807) is 19.2 Å². The highest BCUT2D eigenvalue weighted by molar-refractivity contribution is 9.10. The Bertz CT molecular complexity index is 737. The van der Waals surface area contributed by atoms with Gasteiger partial charge in [0.2, 0.25) is 10.0 Å². The van der Waals surface area contributed by atoms with Crippen LogP contribution in [0.25, 0.3) is 0 Å². The normalized spacial score (nSPS) is 11.6. The van der Waals surface area contributed by atoms with Gasteiger partial charge in [0.05, 0.1) is 21.6 Å². The van der Waals surface area contributed by atoms with Crippen LogP contribution in [0.15, 0.2) is 39.8 Å². The summed E-state index contributed by atoms with van der Waals surface area (Å²) in [5.41, 5.74) is 0.540. The summed E-state index contributed by atoms with van der Waals surface area (Å²) >= 11 is 2.97. The maximum absolute atomic E-state index is 13.4. The summed E-state index contributed by atoms with van der Waals surface area (Å²) < 4.78 is 40.0. The van der Waals surface area contributed by atoms with Gasteiger partial charge in [0.15, 0.2) is 0 Å². The fraction of sp³-hybridized carbons (Fsp3) is 0.167. The molecule has 0 atom stereocenters. The highest BCUT2D eigenvalue weighted by Crippen LogP contribution is 2.19. The Balaban J connectivity index is 2.17. The Morgan fingerprint density at radius 3 is 2.75 bits per heavy atom. The molecule has 2 aromatic rings. The highest BCUT2D eigenvalue weighted by Gasteiger charge is 2.15. The van der Waals surface area contributed by atoms with Gasteiger partial charge in [0.1, 0.15) is 11.6 Å². The number of hydrogen-bond acceptors (Lipinski definition) is 4. The van der Waals surface area contributed by atoms with Crippen molar-refractivity contribution in [1.29, 1.82) is 0 Å². The lowest BCUT2D eigenvalue weighted by Crippen LogP contribution is -2.24. The number of aryl methyl sites for hydroxylation is 1. The summed E-state index contributed by atoms with van der Waals surface area (Å²) in [6.07, 6.45) is 1.55. The fourth-order valence-electron chi connectivity index (χ4n) is 1.50. The molecule has 8 heteroatoms. The summed E-state index contributed by atoms with van der Waals surface area (Å²) in [5.74, 6) is -0.0814. The highest BCUT2D eigenvalue weighted by atomic mass is 79.9. The smallest absolute Gasteiger partial charge is 0.241 e. The van der Waals surface area contributed by atoms with Gasteiger partial charge in [-0.1, -0.05) is 0 Å². The van der Waals surface area contributed by atoms with Crippen LogP contribution < -0.4 is 4.72 Å². The first-order valence-electron chi connectivity index (χ1n) is 5.62. The maximum Gasteiger partial charge on any atom is 0.241 e. The van der Waals surface area contributed by atoms with Crippen molar-refractivity contribution < 1.29 is 12.8 Å². The van der Waals surface area contributed by atoms with Crippen molar-refractivity contribution in [1.82, 2.24) is 14.7 Å². The Morgan fingerprint density at radius 2 is 2.10 bits per heavy atom. The number of benzene rings is 1. The van der Waals surface area contributed by atoms with E-state index in [1.807, 2.05) is 0 Å². The third-order valence-corrected chi connectivity index (χ3v) is 4.52. The molecule has 5 nitrogen and oxygen atoms in total. The first-order chi connectivity index (χ1) is 9.38. The Labute approximate surface area is 124 Å². The van der Waals surface area contributed by atoms with Crippen LogP contribution in [-0.2, 0) is 16.6 Å². The SMILES string of the molecule is Cc1nccc(CNS(=O)(=O)c2ccc(Br)c(F)c2)n1. The van der Waals surface area contributed by atoms with E-state index in [0.29, 0.717) is 11.5 Å². The lowest BCUT2D eigenvalue weighted by Gasteiger charge is -2.07. The molecule has 0 fully saturated rings. The molecule has 106 valence electrons. The van der Waals surface area contributed by atoms with Crippen LogP contribution >= 0.6 is 15.9 Å². The molecule has 0 saturated heterocycles. The van der Waals surface area contributed by atoms with Gasteiger partial charge in [0, 0.05) is 6.20 Å². The Kier molecular flexibility index (Phi) is 4.46. The Hall–Kier alpha value is -1.38. The van der Waals surface area contributed by atoms with Crippen molar-refractivity contribution in [3.8, 4) is 0 Å². The summed E-state index contributed by atoms with van der Waals surface area (Å²) in [7, 11) is -3.78. The lowest BCUT2D eigenvalue weighted by atomic mass is 10.3. The summed E-state index contributed by atoms with van der Waals surface area (Å²) in [4.78, 5) is 7.87. The van der Waals surface area contributed by atoms with Crippen LogP contribution in [0.4, 0.5) is 4.39 Å². The largest absolute Gasteiger partial charge is 0.242 e. The average Bonchev–Trinajstić information content (AvgIpc) is 2.40. The van der Waals surface area contributed by atoms with E-state index in [9.17, 15) is 12.8 Å².